The minimum absolute atomic E-state index is 0.144. The Morgan fingerprint density at radius 2 is 2.00 bits per heavy atom. The summed E-state index contributed by atoms with van der Waals surface area (Å²) >= 11 is 0. The predicted octanol–water partition coefficient (Wildman–Crippen LogP) is -0.646. The molecule has 0 unspecified atom stereocenters. The molecule has 0 atom stereocenters. The van der Waals surface area contributed by atoms with E-state index in [4.69, 9.17) is 4.55 Å². The summed E-state index contributed by atoms with van der Waals surface area (Å²) in [5.74, 6) is -0.144. The third kappa shape index (κ3) is 16.0. The highest BCUT2D eigenvalue weighted by molar-refractivity contribution is 7.80. The summed E-state index contributed by atoms with van der Waals surface area (Å²) in [6, 6.07) is 0. The van der Waals surface area contributed by atoms with Crippen molar-refractivity contribution < 1.29 is 21.9 Å². The zero-order chi connectivity index (χ0) is 10.2. The fraction of sp³-hybridized carbons (Fsp3) is 0.400. The Balaban J connectivity index is 0. The number of nitrogens with one attached hydrogen (secondary N) is 1. The summed E-state index contributed by atoms with van der Waals surface area (Å²) in [5.41, 5.74) is 0. The average Bonchev–Trinajstić information content (AvgIpc) is 2.03. The number of amides is 1. The molecule has 0 rings (SSSR count). The van der Waals surface area contributed by atoms with Gasteiger partial charge in [-0.1, -0.05) is 6.58 Å². The molecule has 2 N–H and O–H groups in total. The minimum Gasteiger partial charge on any atom is -0.356 e. The van der Waals surface area contributed by atoms with Gasteiger partial charge in [0.15, 0.2) is 0 Å². The van der Waals surface area contributed by atoms with Gasteiger partial charge < -0.3 is 5.32 Å². The van der Waals surface area contributed by atoms with Crippen LogP contribution in [0.3, 0.4) is 0 Å². The summed E-state index contributed by atoms with van der Waals surface area (Å²) in [6.45, 7) is 3.22. The first-order valence-electron chi connectivity index (χ1n) is 2.74. The van der Waals surface area contributed by atoms with Crippen LogP contribution >= 0.6 is 0 Å². The van der Waals surface area contributed by atoms with E-state index in [2.05, 4.69) is 16.1 Å². The fourth-order valence-corrected chi connectivity index (χ4v) is 0.102. The first-order valence-corrected chi connectivity index (χ1v) is 4.11. The van der Waals surface area contributed by atoms with Crippen molar-refractivity contribution in [2.24, 2.45) is 0 Å². The normalized spacial score (nSPS) is 9.25. The Kier molecular flexibility index (Phi) is 7.70. The Hall–Kier alpha value is -0.920. The SMILES string of the molecule is C=CC(=O)NC.COS(=O)(=O)O. The summed E-state index contributed by atoms with van der Waals surface area (Å²) in [4.78, 5) is 9.95. The van der Waals surface area contributed by atoms with E-state index in [0.717, 1.165) is 7.11 Å². The first kappa shape index (κ1) is 13.7. The van der Waals surface area contributed by atoms with Crippen molar-refractivity contribution in [3.63, 3.8) is 0 Å². The van der Waals surface area contributed by atoms with Gasteiger partial charge in [0.2, 0.25) is 5.91 Å². The Bertz CT molecular complexity index is 232. The second-order valence-corrected chi connectivity index (χ2v) is 2.60. The average molecular weight is 197 g/mol. The third-order valence-corrected chi connectivity index (χ3v) is 1.06. The maximum Gasteiger partial charge on any atom is 0.397 e. The van der Waals surface area contributed by atoms with Crippen LogP contribution in [0.5, 0.6) is 0 Å². The van der Waals surface area contributed by atoms with Gasteiger partial charge in [-0.25, -0.2) is 0 Å². The molecule has 0 bridgehead atoms. The van der Waals surface area contributed by atoms with Gasteiger partial charge in [-0.3, -0.25) is 13.5 Å². The lowest BCUT2D eigenvalue weighted by molar-refractivity contribution is -0.116. The van der Waals surface area contributed by atoms with Crippen molar-refractivity contribution in [3.05, 3.63) is 12.7 Å². The zero-order valence-electron chi connectivity index (χ0n) is 6.77. The van der Waals surface area contributed by atoms with Gasteiger partial charge in [0.25, 0.3) is 0 Å². The molecule has 0 spiro atoms. The van der Waals surface area contributed by atoms with E-state index in [1.54, 1.807) is 7.05 Å². The van der Waals surface area contributed by atoms with Crippen LogP contribution in [0, 0.1) is 0 Å². The lowest BCUT2D eigenvalue weighted by atomic mass is 10.6. The van der Waals surface area contributed by atoms with Gasteiger partial charge in [-0.05, 0) is 6.08 Å². The largest absolute Gasteiger partial charge is 0.397 e. The lowest BCUT2D eigenvalue weighted by Gasteiger charge is -1.82. The van der Waals surface area contributed by atoms with E-state index in [-0.39, 0.29) is 5.91 Å². The molecular weight excluding hydrogens is 186 g/mol. The third-order valence-electron chi connectivity index (χ3n) is 0.642. The molecule has 0 radical (unpaired) electrons. The fourth-order valence-electron chi connectivity index (χ4n) is 0.102. The molecule has 0 heterocycles. The Morgan fingerprint density at radius 3 is 2.00 bits per heavy atom. The van der Waals surface area contributed by atoms with Crippen LogP contribution in [0.2, 0.25) is 0 Å². The number of hydrogen-bond donors (Lipinski definition) is 2. The molecule has 0 fully saturated rings. The smallest absolute Gasteiger partial charge is 0.356 e. The summed E-state index contributed by atoms with van der Waals surface area (Å²) in [5, 5.41) is 2.36. The van der Waals surface area contributed by atoms with Crippen LogP contribution in [0.4, 0.5) is 0 Å². The molecule has 72 valence electrons. The van der Waals surface area contributed by atoms with E-state index < -0.39 is 10.4 Å². The van der Waals surface area contributed by atoms with E-state index in [0.29, 0.717) is 0 Å². The van der Waals surface area contributed by atoms with Crippen molar-refractivity contribution >= 4 is 16.3 Å². The molecule has 0 saturated carbocycles. The molecule has 0 aliphatic heterocycles. The molecule has 12 heavy (non-hydrogen) atoms. The highest BCUT2D eigenvalue weighted by atomic mass is 32.3. The highest BCUT2D eigenvalue weighted by Crippen LogP contribution is 1.74. The second kappa shape index (κ2) is 6.77. The van der Waals surface area contributed by atoms with Crippen molar-refractivity contribution in [2.45, 2.75) is 0 Å². The molecule has 0 aliphatic rings. The summed E-state index contributed by atoms with van der Waals surface area (Å²) in [7, 11) is -1.73. The first-order chi connectivity index (χ1) is 5.37. The molecular formula is C5H11NO5S. The van der Waals surface area contributed by atoms with Crippen LogP contribution < -0.4 is 5.32 Å². The standard InChI is InChI=1S/C4H7NO.CH4O4S/c1-3-4(6)5-2;1-5-6(2,3)4/h3H,1H2,2H3,(H,5,6);1H3,(H,2,3,4). The Morgan fingerprint density at radius 1 is 1.67 bits per heavy atom. The number of hydrogen-bond acceptors (Lipinski definition) is 4. The van der Waals surface area contributed by atoms with Crippen molar-refractivity contribution in [1.29, 1.82) is 0 Å². The molecule has 1 amide bonds. The molecule has 0 aliphatic carbocycles. The molecule has 0 aromatic heterocycles. The highest BCUT2D eigenvalue weighted by Gasteiger charge is 1.94. The van der Waals surface area contributed by atoms with Gasteiger partial charge in [0.1, 0.15) is 0 Å². The lowest BCUT2D eigenvalue weighted by Crippen LogP contribution is -2.13. The van der Waals surface area contributed by atoms with E-state index in [1.807, 2.05) is 0 Å². The maximum atomic E-state index is 9.95. The molecule has 0 aromatic rings. The van der Waals surface area contributed by atoms with E-state index >= 15 is 0 Å². The van der Waals surface area contributed by atoms with Crippen LogP contribution in [-0.4, -0.2) is 33.0 Å². The van der Waals surface area contributed by atoms with E-state index in [1.165, 1.54) is 6.08 Å². The van der Waals surface area contributed by atoms with Crippen LogP contribution in [0.25, 0.3) is 0 Å². The number of rotatable bonds is 2. The second-order valence-electron chi connectivity index (χ2n) is 1.41. The minimum atomic E-state index is -4.16. The summed E-state index contributed by atoms with van der Waals surface area (Å²) < 4.78 is 29.7. The van der Waals surface area contributed by atoms with Crippen molar-refractivity contribution in [2.75, 3.05) is 14.2 Å². The molecule has 0 saturated heterocycles. The van der Waals surface area contributed by atoms with E-state index in [9.17, 15) is 13.2 Å². The maximum absolute atomic E-state index is 9.95. The van der Waals surface area contributed by atoms with Crippen molar-refractivity contribution in [1.82, 2.24) is 5.32 Å². The van der Waals surface area contributed by atoms with Gasteiger partial charge in [-0.15, -0.1) is 0 Å². The van der Waals surface area contributed by atoms with Crippen LogP contribution in [0.15, 0.2) is 12.7 Å². The summed E-state index contributed by atoms with van der Waals surface area (Å²) in [6.07, 6.45) is 1.22. The zero-order valence-corrected chi connectivity index (χ0v) is 7.59. The van der Waals surface area contributed by atoms with Gasteiger partial charge in [-0.2, -0.15) is 8.42 Å². The topological polar surface area (TPSA) is 92.7 Å². The van der Waals surface area contributed by atoms with Gasteiger partial charge >= 0.3 is 10.4 Å². The number of carbonyl (C=O) groups excluding carboxylic acids is 1. The van der Waals surface area contributed by atoms with Crippen LogP contribution in [0.1, 0.15) is 0 Å². The van der Waals surface area contributed by atoms with Crippen molar-refractivity contribution in [3.8, 4) is 0 Å². The number of carbonyl (C=O) groups is 1. The van der Waals surface area contributed by atoms with Gasteiger partial charge in [0.05, 0.1) is 7.11 Å². The monoisotopic (exact) mass is 197 g/mol. The van der Waals surface area contributed by atoms with Crippen LogP contribution in [-0.2, 0) is 19.4 Å². The molecule has 6 nitrogen and oxygen atoms in total. The molecule has 7 heteroatoms. The quantitative estimate of drug-likeness (QED) is 0.453. The predicted molar refractivity (Wildman–Crippen MR) is 42.8 cm³/mol. The van der Waals surface area contributed by atoms with Gasteiger partial charge in [0, 0.05) is 7.05 Å². The molecule has 0 aromatic carbocycles. The Labute approximate surface area is 71.2 Å². The number of likely N-dealkylation sites (N-methyl/N-ethyl adjacent to an activating group) is 1.